The topological polar surface area (TPSA) is 308 Å². The molecule has 4 rings (SSSR count). The Morgan fingerprint density at radius 2 is 1.64 bits per heavy atom. The van der Waals surface area contributed by atoms with E-state index in [-0.39, 0.29) is 51.2 Å². The summed E-state index contributed by atoms with van der Waals surface area (Å²) in [5, 5.41) is 34.7. The largest absolute Gasteiger partial charge is 0.507 e. The van der Waals surface area contributed by atoms with Crippen molar-refractivity contribution < 1.29 is 33.0 Å². The standard InChI is InChI=1S/C24H23N5O5S.C4H10N2O.CH3NO/c1-24(2,11-30)13-8-16(15-10-14(35(27,33)34)4-6-20(15)31)21(32)17(9-13)23-28-18-5-3-12(22(25)26)7-19(18)29-23;1-2-3(5)4(6)7;2-1-3/h3-11,31-32H,1-2H3,(H3,25,26)(H,28,29)(H2,27,33,34);3H,2,5H2,1H3,(H2,6,7);1H,(H2,2,3). The van der Waals surface area contributed by atoms with Gasteiger partial charge in [-0.15, -0.1) is 0 Å². The molecule has 1 unspecified atom stereocenters. The van der Waals surface area contributed by atoms with Crippen LogP contribution in [0.1, 0.15) is 38.3 Å². The summed E-state index contributed by atoms with van der Waals surface area (Å²) in [5.41, 5.74) is 21.1. The lowest BCUT2D eigenvalue weighted by atomic mass is 9.83. The monoisotopic (exact) mass is 640 g/mol. The number of carbonyl (C=O) groups is 3. The summed E-state index contributed by atoms with van der Waals surface area (Å²) < 4.78 is 23.8. The number of benzene rings is 3. The number of rotatable bonds is 8. The zero-order valence-electron chi connectivity index (χ0n) is 24.7. The fraction of sp³-hybridized carbons (Fsp3) is 0.207. The Morgan fingerprint density at radius 1 is 1.04 bits per heavy atom. The van der Waals surface area contributed by atoms with Gasteiger partial charge in [-0.3, -0.25) is 15.0 Å². The zero-order chi connectivity index (χ0) is 34.3. The maximum Gasteiger partial charge on any atom is 0.238 e. The Morgan fingerprint density at radius 3 is 2.13 bits per heavy atom. The van der Waals surface area contributed by atoms with Gasteiger partial charge < -0.3 is 42.9 Å². The van der Waals surface area contributed by atoms with E-state index in [2.05, 4.69) is 15.7 Å². The summed E-state index contributed by atoms with van der Waals surface area (Å²) in [6.07, 6.45) is 1.61. The SMILES string of the molecule is CC(C)(C=O)c1cc(-c2nc3ccc(C(=N)N)cc3[nH]2)c(O)c(-c2cc(S(N)(=O)=O)ccc2O)c1.CCC(N)C(N)=O.NC=O. The molecule has 1 heterocycles. The molecule has 0 spiro atoms. The van der Waals surface area contributed by atoms with Crippen LogP contribution in [0, 0.1) is 5.41 Å². The van der Waals surface area contributed by atoms with E-state index >= 15 is 0 Å². The highest BCUT2D eigenvalue weighted by atomic mass is 32.2. The normalized spacial score (nSPS) is 11.8. The van der Waals surface area contributed by atoms with Gasteiger partial charge in [-0.05, 0) is 74.4 Å². The number of imidazole rings is 1. The molecule has 0 radical (unpaired) electrons. The summed E-state index contributed by atoms with van der Waals surface area (Å²) >= 11 is 0. The number of amidine groups is 1. The lowest BCUT2D eigenvalue weighted by Gasteiger charge is -2.21. The molecule has 0 saturated heterocycles. The van der Waals surface area contributed by atoms with Crippen LogP contribution in [0.2, 0.25) is 0 Å². The van der Waals surface area contributed by atoms with E-state index in [1.165, 1.54) is 6.07 Å². The van der Waals surface area contributed by atoms with Crippen molar-refractivity contribution in [3.8, 4) is 34.0 Å². The number of nitrogens with zero attached hydrogens (tertiary/aromatic N) is 1. The van der Waals surface area contributed by atoms with Crippen LogP contribution in [0.4, 0.5) is 0 Å². The molecule has 240 valence electrons. The molecule has 45 heavy (non-hydrogen) atoms. The van der Waals surface area contributed by atoms with Crippen LogP contribution < -0.4 is 28.1 Å². The lowest BCUT2D eigenvalue weighted by molar-refractivity contribution is -0.119. The molecule has 15 nitrogen and oxygen atoms in total. The summed E-state index contributed by atoms with van der Waals surface area (Å²) in [5.74, 6) is -0.890. The van der Waals surface area contributed by atoms with E-state index in [4.69, 9.17) is 32.5 Å². The molecule has 0 saturated carbocycles. The minimum Gasteiger partial charge on any atom is -0.507 e. The summed E-state index contributed by atoms with van der Waals surface area (Å²) in [6.45, 7) is 5.17. The number of carbonyl (C=O) groups excluding carboxylic acids is 3. The number of aromatic amines is 1. The number of nitrogens with one attached hydrogen (secondary N) is 2. The molecule has 2 amide bonds. The van der Waals surface area contributed by atoms with Gasteiger partial charge in [0.1, 0.15) is 29.4 Å². The van der Waals surface area contributed by atoms with Gasteiger partial charge in [-0.2, -0.15) is 0 Å². The molecule has 4 aromatic rings. The second kappa shape index (κ2) is 14.4. The van der Waals surface area contributed by atoms with E-state index in [1.807, 2.05) is 6.92 Å². The number of nitrogens with two attached hydrogens (primary N) is 5. The molecule has 0 fully saturated rings. The number of fused-ring (bicyclic) bond motifs is 1. The molecule has 0 aliphatic carbocycles. The van der Waals surface area contributed by atoms with Crippen molar-refractivity contribution in [1.29, 1.82) is 5.41 Å². The number of aromatic nitrogens is 2. The van der Waals surface area contributed by atoms with Gasteiger partial charge in [0.2, 0.25) is 22.3 Å². The lowest BCUT2D eigenvalue weighted by Crippen LogP contribution is -2.35. The van der Waals surface area contributed by atoms with Crippen molar-refractivity contribution in [2.45, 2.75) is 43.5 Å². The number of phenols is 2. The summed E-state index contributed by atoms with van der Waals surface area (Å²) in [4.78, 5) is 37.8. The highest BCUT2D eigenvalue weighted by Crippen LogP contribution is 2.44. The Bertz CT molecular complexity index is 1850. The van der Waals surface area contributed by atoms with Crippen molar-refractivity contribution in [1.82, 2.24) is 9.97 Å². The van der Waals surface area contributed by atoms with Crippen LogP contribution in [0.25, 0.3) is 33.5 Å². The van der Waals surface area contributed by atoms with Crippen molar-refractivity contribution in [3.05, 3.63) is 59.7 Å². The third-order valence-corrected chi connectivity index (χ3v) is 7.50. The third-order valence-electron chi connectivity index (χ3n) is 6.59. The first-order chi connectivity index (χ1) is 20.9. The molecule has 0 aliphatic heterocycles. The molecule has 14 N–H and O–H groups in total. The minimum atomic E-state index is -4.09. The molecule has 0 bridgehead atoms. The number of aldehydes is 1. The smallest absolute Gasteiger partial charge is 0.238 e. The predicted molar refractivity (Wildman–Crippen MR) is 169 cm³/mol. The number of aromatic hydroxyl groups is 2. The van der Waals surface area contributed by atoms with Crippen LogP contribution in [-0.2, 0) is 29.8 Å². The fourth-order valence-corrected chi connectivity index (χ4v) is 4.41. The molecule has 3 aromatic carbocycles. The number of phenolic OH excluding ortho intramolecular Hbond substituents is 2. The van der Waals surface area contributed by atoms with Crippen LogP contribution in [0.3, 0.4) is 0 Å². The third kappa shape index (κ3) is 8.62. The highest BCUT2D eigenvalue weighted by Gasteiger charge is 2.26. The first-order valence-electron chi connectivity index (χ1n) is 13.2. The number of nitrogen functional groups attached to an aromatic ring is 1. The Hall–Kier alpha value is -5.32. The number of amides is 2. The number of hydrogen-bond donors (Lipinski definition) is 9. The maximum atomic E-state index is 11.9. The fourth-order valence-electron chi connectivity index (χ4n) is 3.87. The quantitative estimate of drug-likeness (QED) is 0.0748. The van der Waals surface area contributed by atoms with Gasteiger partial charge in [-0.1, -0.05) is 6.92 Å². The number of H-pyrrole nitrogens is 1. The minimum absolute atomic E-state index is 0.00815. The van der Waals surface area contributed by atoms with Crippen LogP contribution in [-0.4, -0.2) is 59.1 Å². The average Bonchev–Trinajstić information content (AvgIpc) is 3.40. The van der Waals surface area contributed by atoms with Gasteiger partial charge in [0.05, 0.1) is 27.5 Å². The summed E-state index contributed by atoms with van der Waals surface area (Å²) in [6, 6.07) is 11.1. The predicted octanol–water partition coefficient (Wildman–Crippen LogP) is 1.03. The first-order valence-corrected chi connectivity index (χ1v) is 14.7. The number of primary sulfonamides is 1. The Labute approximate surface area is 259 Å². The van der Waals surface area contributed by atoms with Gasteiger partial charge in [0.15, 0.2) is 0 Å². The highest BCUT2D eigenvalue weighted by molar-refractivity contribution is 7.89. The van der Waals surface area contributed by atoms with Crippen molar-refractivity contribution >= 4 is 45.5 Å². The van der Waals surface area contributed by atoms with E-state index in [1.54, 1.807) is 38.1 Å². The number of hydrogen-bond acceptors (Lipinski definition) is 10. The molecule has 1 aromatic heterocycles. The number of primary amides is 2. The number of sulfonamides is 1. The Kier molecular flexibility index (Phi) is 11.5. The maximum absolute atomic E-state index is 11.9. The van der Waals surface area contributed by atoms with Crippen LogP contribution in [0.15, 0.2) is 53.4 Å². The Balaban J connectivity index is 0.000000614. The van der Waals surface area contributed by atoms with E-state index in [9.17, 15) is 28.2 Å². The van der Waals surface area contributed by atoms with Crippen molar-refractivity contribution in [2.75, 3.05) is 0 Å². The summed E-state index contributed by atoms with van der Waals surface area (Å²) in [7, 11) is -4.09. The van der Waals surface area contributed by atoms with Gasteiger partial charge in [-0.25, -0.2) is 18.5 Å². The van der Waals surface area contributed by atoms with E-state index in [0.29, 0.717) is 28.6 Å². The van der Waals surface area contributed by atoms with Gasteiger partial charge in [0, 0.05) is 22.1 Å². The van der Waals surface area contributed by atoms with Gasteiger partial charge in [0.25, 0.3) is 0 Å². The van der Waals surface area contributed by atoms with Gasteiger partial charge >= 0.3 is 0 Å². The molecular weight excluding hydrogens is 604 g/mol. The second-order valence-electron chi connectivity index (χ2n) is 10.3. The zero-order valence-corrected chi connectivity index (χ0v) is 25.6. The molecule has 0 aliphatic rings. The van der Waals surface area contributed by atoms with Crippen LogP contribution in [0.5, 0.6) is 11.5 Å². The van der Waals surface area contributed by atoms with E-state index in [0.717, 1.165) is 24.5 Å². The molecule has 16 heteroatoms. The van der Waals surface area contributed by atoms with Crippen molar-refractivity contribution in [3.63, 3.8) is 0 Å². The average molecular weight is 641 g/mol. The molecule has 1 atom stereocenters. The molecular formula is C29H36N8O7S. The van der Waals surface area contributed by atoms with Crippen LogP contribution >= 0.6 is 0 Å². The second-order valence-corrected chi connectivity index (χ2v) is 11.8. The van der Waals surface area contributed by atoms with Crippen molar-refractivity contribution in [2.24, 2.45) is 28.1 Å². The first kappa shape index (κ1) is 35.9. The van der Waals surface area contributed by atoms with E-state index < -0.39 is 27.4 Å².